The van der Waals surface area contributed by atoms with Crippen LogP contribution in [0, 0.1) is 0 Å². The van der Waals surface area contributed by atoms with E-state index in [0.717, 1.165) is 42.9 Å². The first kappa shape index (κ1) is 15.1. The average molecular weight is 297 g/mol. The molecule has 0 amide bonds. The maximum Gasteiger partial charge on any atom is 0.122 e. The highest BCUT2D eigenvalue weighted by Gasteiger charge is 2.16. The molecule has 22 heavy (non-hydrogen) atoms. The molecule has 3 heteroatoms. The maximum absolute atomic E-state index is 9.42. The Balaban J connectivity index is 1.72. The van der Waals surface area contributed by atoms with Gasteiger partial charge >= 0.3 is 0 Å². The second kappa shape index (κ2) is 6.95. The lowest BCUT2D eigenvalue weighted by molar-refractivity contribution is 0.280. The second-order valence-corrected chi connectivity index (χ2v) is 5.73. The summed E-state index contributed by atoms with van der Waals surface area (Å²) in [6.07, 6.45) is 2.04. The predicted molar refractivity (Wildman–Crippen MR) is 87.9 cm³/mol. The summed E-state index contributed by atoms with van der Waals surface area (Å²) in [7, 11) is 0. The summed E-state index contributed by atoms with van der Waals surface area (Å²) in [6.45, 7) is 3.85. The summed E-state index contributed by atoms with van der Waals surface area (Å²) in [5.41, 5.74) is 4.78. The highest BCUT2D eigenvalue weighted by atomic mass is 16.5. The molecule has 0 radical (unpaired) electrons. The van der Waals surface area contributed by atoms with Crippen molar-refractivity contribution in [3.8, 4) is 5.75 Å². The molecule has 2 aromatic rings. The molecule has 3 nitrogen and oxygen atoms in total. The third kappa shape index (κ3) is 3.16. The molecule has 0 fully saturated rings. The van der Waals surface area contributed by atoms with Gasteiger partial charge in [0.15, 0.2) is 0 Å². The van der Waals surface area contributed by atoms with Gasteiger partial charge in [-0.3, -0.25) is 0 Å². The molecule has 116 valence electrons. The molecule has 2 N–H and O–H groups in total. The predicted octanol–water partition coefficient (Wildman–Crippen LogP) is 3.35. The molecule has 1 atom stereocenters. The number of ether oxygens (including phenoxy) is 1. The smallest absolute Gasteiger partial charge is 0.122 e. The third-order valence-electron chi connectivity index (χ3n) is 4.35. The first-order valence-corrected chi connectivity index (χ1v) is 7.98. The lowest BCUT2D eigenvalue weighted by Crippen LogP contribution is -2.21. The van der Waals surface area contributed by atoms with Gasteiger partial charge in [0, 0.05) is 19.0 Å². The number of aliphatic hydroxyl groups excluding tert-OH is 1. The Hall–Kier alpha value is -1.84. The van der Waals surface area contributed by atoms with Crippen molar-refractivity contribution in [1.29, 1.82) is 0 Å². The fourth-order valence-electron chi connectivity index (χ4n) is 3.04. The summed E-state index contributed by atoms with van der Waals surface area (Å²) in [5, 5.41) is 13.0. The zero-order valence-electron chi connectivity index (χ0n) is 13.0. The zero-order chi connectivity index (χ0) is 15.4. The average Bonchev–Trinajstić information content (AvgIpc) is 3.03. The Morgan fingerprint density at radius 2 is 2.00 bits per heavy atom. The molecule has 1 heterocycles. The van der Waals surface area contributed by atoms with Crippen LogP contribution in [-0.2, 0) is 19.6 Å². The van der Waals surface area contributed by atoms with Crippen LogP contribution < -0.4 is 10.1 Å². The molecule has 0 saturated heterocycles. The molecule has 3 rings (SSSR count). The number of benzene rings is 2. The summed E-state index contributed by atoms with van der Waals surface area (Å²) >= 11 is 0. The molecular weight excluding hydrogens is 274 g/mol. The van der Waals surface area contributed by atoms with E-state index < -0.39 is 0 Å². The molecule has 0 aromatic heterocycles. The quantitative estimate of drug-likeness (QED) is 0.859. The van der Waals surface area contributed by atoms with Gasteiger partial charge in [0.25, 0.3) is 0 Å². The highest BCUT2D eigenvalue weighted by Crippen LogP contribution is 2.29. The van der Waals surface area contributed by atoms with Crippen LogP contribution in [0.5, 0.6) is 5.75 Å². The van der Waals surface area contributed by atoms with E-state index >= 15 is 0 Å². The second-order valence-electron chi connectivity index (χ2n) is 5.73. The monoisotopic (exact) mass is 297 g/mol. The van der Waals surface area contributed by atoms with Gasteiger partial charge in [-0.05, 0) is 34.7 Å². The van der Waals surface area contributed by atoms with Gasteiger partial charge in [0.05, 0.1) is 13.2 Å². The topological polar surface area (TPSA) is 41.5 Å². The van der Waals surface area contributed by atoms with E-state index in [1.54, 1.807) is 0 Å². The number of hydrogen-bond acceptors (Lipinski definition) is 3. The highest BCUT2D eigenvalue weighted by molar-refractivity contribution is 5.40. The van der Waals surface area contributed by atoms with Crippen molar-refractivity contribution >= 4 is 0 Å². The SMILES string of the molecule is CCC(NCc1ccccc1CO)c1ccc2c(c1)CCO2. The largest absolute Gasteiger partial charge is 0.493 e. The molecule has 1 unspecified atom stereocenters. The molecule has 0 bridgehead atoms. The maximum atomic E-state index is 9.42. The third-order valence-corrected chi connectivity index (χ3v) is 4.35. The van der Waals surface area contributed by atoms with Crippen molar-refractivity contribution < 1.29 is 9.84 Å². The summed E-state index contributed by atoms with van der Waals surface area (Å²) in [6, 6.07) is 14.9. The van der Waals surface area contributed by atoms with Crippen molar-refractivity contribution in [2.45, 2.75) is 39.0 Å². The van der Waals surface area contributed by atoms with E-state index in [-0.39, 0.29) is 6.61 Å². The first-order chi connectivity index (χ1) is 10.8. The lowest BCUT2D eigenvalue weighted by atomic mass is 10.00. The number of aliphatic hydroxyl groups is 1. The zero-order valence-corrected chi connectivity index (χ0v) is 13.0. The molecule has 0 saturated carbocycles. The van der Waals surface area contributed by atoms with E-state index in [1.807, 2.05) is 18.2 Å². The Kier molecular flexibility index (Phi) is 4.76. The van der Waals surface area contributed by atoms with Gasteiger partial charge in [0.2, 0.25) is 0 Å². The Labute approximate surface area is 131 Å². The number of fused-ring (bicyclic) bond motifs is 1. The molecule has 1 aliphatic rings. The van der Waals surface area contributed by atoms with Gasteiger partial charge in [-0.1, -0.05) is 43.3 Å². The van der Waals surface area contributed by atoms with Gasteiger partial charge in [-0.2, -0.15) is 0 Å². The fraction of sp³-hybridized carbons (Fsp3) is 0.368. The van der Waals surface area contributed by atoms with Gasteiger partial charge in [-0.25, -0.2) is 0 Å². The molecule has 2 aromatic carbocycles. The van der Waals surface area contributed by atoms with E-state index in [9.17, 15) is 5.11 Å². The lowest BCUT2D eigenvalue weighted by Gasteiger charge is -2.19. The fourth-order valence-corrected chi connectivity index (χ4v) is 3.04. The van der Waals surface area contributed by atoms with E-state index in [0.29, 0.717) is 6.04 Å². The van der Waals surface area contributed by atoms with Crippen LogP contribution in [0.15, 0.2) is 42.5 Å². The molecule has 1 aliphatic heterocycles. The van der Waals surface area contributed by atoms with Crippen LogP contribution in [0.1, 0.15) is 41.6 Å². The van der Waals surface area contributed by atoms with E-state index in [1.165, 1.54) is 11.1 Å². The molecule has 0 aliphatic carbocycles. The minimum atomic E-state index is 0.0881. The van der Waals surface area contributed by atoms with Gasteiger partial charge in [-0.15, -0.1) is 0 Å². The Morgan fingerprint density at radius 3 is 2.77 bits per heavy atom. The Morgan fingerprint density at radius 1 is 1.18 bits per heavy atom. The van der Waals surface area contributed by atoms with Crippen LogP contribution in [-0.4, -0.2) is 11.7 Å². The number of hydrogen-bond donors (Lipinski definition) is 2. The van der Waals surface area contributed by atoms with Crippen molar-refractivity contribution in [1.82, 2.24) is 5.32 Å². The summed E-state index contributed by atoms with van der Waals surface area (Å²) < 4.78 is 5.58. The Bertz CT molecular complexity index is 639. The summed E-state index contributed by atoms with van der Waals surface area (Å²) in [5.74, 6) is 1.03. The molecular formula is C19H23NO2. The van der Waals surface area contributed by atoms with Gasteiger partial charge in [0.1, 0.15) is 5.75 Å². The normalized spacial score (nSPS) is 14.5. The van der Waals surface area contributed by atoms with Crippen molar-refractivity contribution in [3.05, 3.63) is 64.7 Å². The van der Waals surface area contributed by atoms with Crippen LogP contribution in [0.2, 0.25) is 0 Å². The minimum Gasteiger partial charge on any atom is -0.493 e. The van der Waals surface area contributed by atoms with Gasteiger partial charge < -0.3 is 15.2 Å². The first-order valence-electron chi connectivity index (χ1n) is 7.98. The van der Waals surface area contributed by atoms with Crippen molar-refractivity contribution in [2.75, 3.05) is 6.61 Å². The minimum absolute atomic E-state index is 0.0881. The summed E-state index contributed by atoms with van der Waals surface area (Å²) in [4.78, 5) is 0. The van der Waals surface area contributed by atoms with Crippen molar-refractivity contribution in [3.63, 3.8) is 0 Å². The van der Waals surface area contributed by atoms with Crippen LogP contribution in [0.25, 0.3) is 0 Å². The van der Waals surface area contributed by atoms with Crippen LogP contribution in [0.3, 0.4) is 0 Å². The number of rotatable bonds is 6. The van der Waals surface area contributed by atoms with Crippen LogP contribution in [0.4, 0.5) is 0 Å². The van der Waals surface area contributed by atoms with Crippen LogP contribution >= 0.6 is 0 Å². The molecule has 0 spiro atoms. The standard InChI is InChI=1S/C19H23NO2/c1-2-18(14-7-8-19-15(11-14)9-10-22-19)20-12-16-5-3-4-6-17(16)13-21/h3-8,11,18,20-21H,2,9-10,12-13H2,1H3. The van der Waals surface area contributed by atoms with E-state index in [4.69, 9.17) is 4.74 Å². The number of nitrogens with one attached hydrogen (secondary N) is 1. The van der Waals surface area contributed by atoms with E-state index in [2.05, 4.69) is 36.5 Å². The van der Waals surface area contributed by atoms with Crippen molar-refractivity contribution in [2.24, 2.45) is 0 Å².